The van der Waals surface area contributed by atoms with Crippen molar-refractivity contribution in [2.75, 3.05) is 13.1 Å². The third-order valence-corrected chi connectivity index (χ3v) is 3.97. The molecule has 106 valence electrons. The van der Waals surface area contributed by atoms with Crippen LogP contribution in [0.2, 0.25) is 0 Å². The third kappa shape index (κ3) is 3.12. The Kier molecular flexibility index (Phi) is 4.19. The molecule has 0 saturated carbocycles. The molecule has 0 atom stereocenters. The minimum atomic E-state index is -0.679. The van der Waals surface area contributed by atoms with Crippen LogP contribution in [-0.2, 0) is 17.9 Å². The number of piperidine rings is 1. The summed E-state index contributed by atoms with van der Waals surface area (Å²) in [6, 6.07) is 0. The van der Waals surface area contributed by atoms with Gasteiger partial charge in [-0.2, -0.15) is 5.10 Å². The molecule has 0 radical (unpaired) electrons. The van der Waals surface area contributed by atoms with Crippen LogP contribution in [0, 0.1) is 5.41 Å². The topological polar surface area (TPSA) is 71.2 Å². The second-order valence-corrected chi connectivity index (χ2v) is 5.54. The number of likely N-dealkylation sites (tertiary alicyclic amines) is 1. The van der Waals surface area contributed by atoms with Crippen molar-refractivity contribution in [1.29, 1.82) is 0 Å². The van der Waals surface area contributed by atoms with Crippen molar-refractivity contribution in [3.63, 3.8) is 0 Å². The van der Waals surface area contributed by atoms with Crippen LogP contribution in [0.1, 0.15) is 38.9 Å². The maximum Gasteiger partial charge on any atom is 0.309 e. The molecule has 1 aromatic rings. The van der Waals surface area contributed by atoms with Crippen LogP contribution in [-0.4, -0.2) is 43.8 Å². The van der Waals surface area contributed by atoms with Crippen LogP contribution in [0.3, 0.4) is 0 Å². The van der Waals surface area contributed by atoms with Gasteiger partial charge >= 0.3 is 5.97 Å². The highest BCUT2D eigenvalue weighted by molar-refractivity contribution is 5.74. The molecule has 1 aliphatic heterocycles. The van der Waals surface area contributed by atoms with Crippen molar-refractivity contribution in [2.24, 2.45) is 5.41 Å². The molecule has 1 aliphatic rings. The summed E-state index contributed by atoms with van der Waals surface area (Å²) >= 11 is 0. The fraction of sp³-hybridized carbons (Fsp3) is 0.769. The molecule has 0 bridgehead atoms. The fourth-order valence-electron chi connectivity index (χ4n) is 2.43. The van der Waals surface area contributed by atoms with Gasteiger partial charge in [0.2, 0.25) is 0 Å². The molecule has 1 saturated heterocycles. The molecule has 2 rings (SSSR count). The van der Waals surface area contributed by atoms with E-state index in [1.165, 1.54) is 0 Å². The SMILES string of the molecule is CCCn1ncnc1CN1CCC(C)(C(=O)O)CC1. The molecule has 6 heteroatoms. The Morgan fingerprint density at radius 3 is 2.74 bits per heavy atom. The molecule has 1 N–H and O–H groups in total. The number of aliphatic carboxylic acids is 1. The van der Waals surface area contributed by atoms with E-state index >= 15 is 0 Å². The lowest BCUT2D eigenvalue weighted by Crippen LogP contribution is -2.42. The smallest absolute Gasteiger partial charge is 0.309 e. The first-order valence-corrected chi connectivity index (χ1v) is 6.87. The van der Waals surface area contributed by atoms with E-state index in [0.29, 0.717) is 12.8 Å². The van der Waals surface area contributed by atoms with E-state index in [2.05, 4.69) is 21.9 Å². The van der Waals surface area contributed by atoms with Gasteiger partial charge < -0.3 is 5.11 Å². The number of rotatable bonds is 5. The molecule has 0 spiro atoms. The number of carbonyl (C=O) groups is 1. The van der Waals surface area contributed by atoms with Crippen LogP contribution in [0.4, 0.5) is 0 Å². The van der Waals surface area contributed by atoms with Crippen LogP contribution >= 0.6 is 0 Å². The van der Waals surface area contributed by atoms with Crippen LogP contribution < -0.4 is 0 Å². The Hall–Kier alpha value is -1.43. The van der Waals surface area contributed by atoms with Crippen molar-refractivity contribution in [3.8, 4) is 0 Å². The quantitative estimate of drug-likeness (QED) is 0.871. The summed E-state index contributed by atoms with van der Waals surface area (Å²) in [6.07, 6.45) is 4.03. The lowest BCUT2D eigenvalue weighted by Gasteiger charge is -2.36. The number of hydrogen-bond donors (Lipinski definition) is 1. The zero-order chi connectivity index (χ0) is 13.9. The van der Waals surface area contributed by atoms with Crippen LogP contribution in [0.25, 0.3) is 0 Å². The Bertz CT molecular complexity index is 436. The molecule has 0 unspecified atom stereocenters. The van der Waals surface area contributed by atoms with Gasteiger partial charge in [-0.15, -0.1) is 0 Å². The molecule has 0 aliphatic carbocycles. The first-order chi connectivity index (χ1) is 9.05. The normalized spacial score (nSPS) is 19.5. The molecule has 1 fully saturated rings. The molecule has 2 heterocycles. The minimum Gasteiger partial charge on any atom is -0.481 e. The second kappa shape index (κ2) is 5.69. The first-order valence-electron chi connectivity index (χ1n) is 6.87. The van der Waals surface area contributed by atoms with Crippen molar-refractivity contribution in [1.82, 2.24) is 19.7 Å². The summed E-state index contributed by atoms with van der Waals surface area (Å²) < 4.78 is 1.94. The molecular weight excluding hydrogens is 244 g/mol. The molecule has 1 aromatic heterocycles. The summed E-state index contributed by atoms with van der Waals surface area (Å²) in [5, 5.41) is 13.4. The van der Waals surface area contributed by atoms with Gasteiger partial charge in [0.05, 0.1) is 12.0 Å². The van der Waals surface area contributed by atoms with Gasteiger partial charge in [0, 0.05) is 6.54 Å². The van der Waals surface area contributed by atoms with E-state index in [1.807, 2.05) is 11.6 Å². The van der Waals surface area contributed by atoms with Gasteiger partial charge in [-0.05, 0) is 39.3 Å². The standard InChI is InChI=1S/C13H22N4O2/c1-3-6-17-11(14-10-15-17)9-16-7-4-13(2,5-8-16)12(18)19/h10H,3-9H2,1-2H3,(H,18,19). The lowest BCUT2D eigenvalue weighted by atomic mass is 9.80. The van der Waals surface area contributed by atoms with Gasteiger partial charge in [0.25, 0.3) is 0 Å². The Morgan fingerprint density at radius 2 is 2.16 bits per heavy atom. The largest absolute Gasteiger partial charge is 0.481 e. The Morgan fingerprint density at radius 1 is 1.47 bits per heavy atom. The van der Waals surface area contributed by atoms with Gasteiger partial charge in [0.1, 0.15) is 12.2 Å². The maximum absolute atomic E-state index is 11.2. The van der Waals surface area contributed by atoms with Gasteiger partial charge in [-0.1, -0.05) is 6.92 Å². The fourth-order valence-corrected chi connectivity index (χ4v) is 2.43. The lowest BCUT2D eigenvalue weighted by molar-refractivity contribution is -0.150. The van der Waals surface area contributed by atoms with Gasteiger partial charge in [0.15, 0.2) is 0 Å². The Labute approximate surface area is 113 Å². The summed E-state index contributed by atoms with van der Waals surface area (Å²) in [5.41, 5.74) is -0.562. The number of nitrogens with zero attached hydrogens (tertiary/aromatic N) is 4. The van der Waals surface area contributed by atoms with E-state index < -0.39 is 11.4 Å². The highest BCUT2D eigenvalue weighted by atomic mass is 16.4. The van der Waals surface area contributed by atoms with Gasteiger partial charge in [-0.25, -0.2) is 9.67 Å². The number of carboxylic acid groups (broad SMARTS) is 1. The molecule has 19 heavy (non-hydrogen) atoms. The van der Waals surface area contributed by atoms with Gasteiger partial charge in [-0.3, -0.25) is 9.69 Å². The van der Waals surface area contributed by atoms with E-state index in [4.69, 9.17) is 0 Å². The van der Waals surface area contributed by atoms with Crippen LogP contribution in [0.15, 0.2) is 6.33 Å². The first kappa shape index (κ1) is 14.0. The van der Waals surface area contributed by atoms with Crippen molar-refractivity contribution in [3.05, 3.63) is 12.2 Å². The minimum absolute atomic E-state index is 0.562. The van der Waals surface area contributed by atoms with E-state index in [9.17, 15) is 9.90 Å². The van der Waals surface area contributed by atoms with E-state index in [1.54, 1.807) is 6.33 Å². The molecule has 0 aromatic carbocycles. The average molecular weight is 266 g/mol. The monoisotopic (exact) mass is 266 g/mol. The summed E-state index contributed by atoms with van der Waals surface area (Å²) in [5.74, 6) is 0.294. The van der Waals surface area contributed by atoms with Crippen LogP contribution in [0.5, 0.6) is 0 Å². The zero-order valence-corrected chi connectivity index (χ0v) is 11.7. The number of carboxylic acids is 1. The van der Waals surface area contributed by atoms with E-state index in [0.717, 1.165) is 38.4 Å². The number of aromatic nitrogens is 3. The molecular formula is C13H22N4O2. The molecule has 6 nitrogen and oxygen atoms in total. The number of hydrogen-bond acceptors (Lipinski definition) is 4. The highest BCUT2D eigenvalue weighted by Crippen LogP contribution is 2.31. The van der Waals surface area contributed by atoms with Crippen molar-refractivity contribution < 1.29 is 9.90 Å². The highest BCUT2D eigenvalue weighted by Gasteiger charge is 2.36. The van der Waals surface area contributed by atoms with Crippen molar-refractivity contribution in [2.45, 2.75) is 46.2 Å². The number of aryl methyl sites for hydroxylation is 1. The Balaban J connectivity index is 1.92. The third-order valence-electron chi connectivity index (χ3n) is 3.97. The summed E-state index contributed by atoms with van der Waals surface area (Å²) in [7, 11) is 0. The molecule has 0 amide bonds. The average Bonchev–Trinajstić information content (AvgIpc) is 2.80. The van der Waals surface area contributed by atoms with E-state index in [-0.39, 0.29) is 0 Å². The second-order valence-electron chi connectivity index (χ2n) is 5.54. The predicted molar refractivity (Wildman–Crippen MR) is 70.6 cm³/mol. The zero-order valence-electron chi connectivity index (χ0n) is 11.7. The van der Waals surface area contributed by atoms with Crippen molar-refractivity contribution >= 4 is 5.97 Å². The maximum atomic E-state index is 11.2. The summed E-state index contributed by atoms with van der Waals surface area (Å²) in [6.45, 7) is 7.21. The predicted octanol–water partition coefficient (Wildman–Crippen LogP) is 1.37. The summed E-state index contributed by atoms with van der Waals surface area (Å²) in [4.78, 5) is 17.8.